The summed E-state index contributed by atoms with van der Waals surface area (Å²) < 4.78 is 6.24. The number of nitrogens with zero attached hydrogens (tertiary/aromatic N) is 1. The lowest BCUT2D eigenvalue weighted by Crippen LogP contribution is -2.38. The van der Waals surface area contributed by atoms with Crippen molar-refractivity contribution >= 4 is 17.4 Å². The molecule has 0 saturated heterocycles. The number of benzene rings is 2. The van der Waals surface area contributed by atoms with E-state index in [1.807, 2.05) is 38.8 Å². The smallest absolute Gasteiger partial charge is 0.154 e. The predicted molar refractivity (Wildman–Crippen MR) is 129 cm³/mol. The molecule has 3 nitrogen and oxygen atoms in total. The fourth-order valence-corrected chi connectivity index (χ4v) is 4.09. The molecule has 1 aliphatic rings. The maximum Gasteiger partial charge on any atom is 0.154 e. The molecule has 0 aromatic heterocycles. The summed E-state index contributed by atoms with van der Waals surface area (Å²) >= 11 is 0. The molecule has 2 aromatic carbocycles. The van der Waals surface area contributed by atoms with Crippen LogP contribution in [0.4, 0.5) is 0 Å². The number of aldehydes is 1. The Labute approximate surface area is 186 Å². The van der Waals surface area contributed by atoms with Crippen LogP contribution in [-0.2, 0) is 9.53 Å². The van der Waals surface area contributed by atoms with E-state index in [0.29, 0.717) is 0 Å². The average molecular weight is 416 g/mol. The second-order valence-corrected chi connectivity index (χ2v) is 9.23. The standard InChI is InChI=1S/C28H33NO2/c1-18-13-15-22(16-14-18)26-25(23-12-10-9-11-19(23)2)20(3)21(4)29(8)27(26)24(17-30)31-28(5,6)7/h9-17,24H,4H2,1-3,5-8H3. The molecule has 0 bridgehead atoms. The minimum Gasteiger partial charge on any atom is -0.359 e. The molecule has 3 rings (SSSR count). The number of hydrogen-bond acceptors (Lipinski definition) is 3. The fourth-order valence-electron chi connectivity index (χ4n) is 4.09. The number of carbonyl (C=O) groups is 1. The summed E-state index contributed by atoms with van der Waals surface area (Å²) in [5.41, 5.74) is 9.00. The third-order valence-electron chi connectivity index (χ3n) is 5.71. The van der Waals surface area contributed by atoms with Gasteiger partial charge in [0.25, 0.3) is 0 Å². The number of ether oxygens (including phenoxy) is 1. The molecule has 3 heteroatoms. The highest BCUT2D eigenvalue weighted by molar-refractivity contribution is 6.10. The van der Waals surface area contributed by atoms with E-state index in [1.54, 1.807) is 0 Å². The zero-order valence-corrected chi connectivity index (χ0v) is 19.7. The molecule has 1 aliphatic heterocycles. The molecule has 0 radical (unpaired) electrons. The van der Waals surface area contributed by atoms with Gasteiger partial charge in [0.05, 0.1) is 11.3 Å². The van der Waals surface area contributed by atoms with Crippen molar-refractivity contribution in [1.82, 2.24) is 4.90 Å². The van der Waals surface area contributed by atoms with Crippen LogP contribution in [0.25, 0.3) is 11.1 Å². The van der Waals surface area contributed by atoms with E-state index in [-0.39, 0.29) is 0 Å². The Hall–Kier alpha value is -2.91. The molecule has 2 aromatic rings. The molecule has 0 N–H and O–H groups in total. The van der Waals surface area contributed by atoms with Gasteiger partial charge in [-0.3, -0.25) is 0 Å². The second kappa shape index (κ2) is 8.68. The van der Waals surface area contributed by atoms with Gasteiger partial charge in [-0.25, -0.2) is 0 Å². The maximum absolute atomic E-state index is 12.3. The van der Waals surface area contributed by atoms with E-state index in [2.05, 4.69) is 69.8 Å². The van der Waals surface area contributed by atoms with E-state index < -0.39 is 11.7 Å². The van der Waals surface area contributed by atoms with Crippen molar-refractivity contribution in [1.29, 1.82) is 0 Å². The largest absolute Gasteiger partial charge is 0.359 e. The Bertz CT molecular complexity index is 1060. The first-order valence-corrected chi connectivity index (χ1v) is 10.7. The summed E-state index contributed by atoms with van der Waals surface area (Å²) in [6.07, 6.45) is 0.180. The van der Waals surface area contributed by atoms with Crippen LogP contribution in [-0.4, -0.2) is 29.9 Å². The number of allylic oxidation sites excluding steroid dienone is 3. The van der Waals surface area contributed by atoms with Crippen LogP contribution in [0.3, 0.4) is 0 Å². The summed E-state index contributed by atoms with van der Waals surface area (Å²) in [5.74, 6) is 0. The van der Waals surface area contributed by atoms with Gasteiger partial charge in [0, 0.05) is 18.3 Å². The molecule has 0 amide bonds. The molecule has 162 valence electrons. The second-order valence-electron chi connectivity index (χ2n) is 9.23. The fraction of sp³-hybridized carbons (Fsp3) is 0.321. The summed E-state index contributed by atoms with van der Waals surface area (Å²) in [6, 6.07) is 16.8. The summed E-state index contributed by atoms with van der Waals surface area (Å²) in [7, 11) is 1.96. The van der Waals surface area contributed by atoms with Crippen LogP contribution < -0.4 is 0 Å². The zero-order chi connectivity index (χ0) is 22.9. The quantitative estimate of drug-likeness (QED) is 0.534. The molecule has 0 saturated carbocycles. The van der Waals surface area contributed by atoms with Crippen LogP contribution in [0.2, 0.25) is 0 Å². The van der Waals surface area contributed by atoms with E-state index in [0.717, 1.165) is 45.5 Å². The molecule has 0 fully saturated rings. The summed E-state index contributed by atoms with van der Waals surface area (Å²) in [5, 5.41) is 0. The van der Waals surface area contributed by atoms with Gasteiger partial charge in [0.15, 0.2) is 12.4 Å². The lowest BCUT2D eigenvalue weighted by molar-refractivity contribution is -0.125. The topological polar surface area (TPSA) is 29.5 Å². The van der Waals surface area contributed by atoms with Crippen molar-refractivity contribution in [2.24, 2.45) is 0 Å². The molecule has 1 atom stereocenters. The number of likely N-dealkylation sites (N-methyl/N-ethyl adjacent to an activating group) is 1. The van der Waals surface area contributed by atoms with Crippen molar-refractivity contribution in [2.45, 2.75) is 53.2 Å². The van der Waals surface area contributed by atoms with Gasteiger partial charge in [-0.1, -0.05) is 60.7 Å². The highest BCUT2D eigenvalue weighted by Gasteiger charge is 2.34. The van der Waals surface area contributed by atoms with Crippen LogP contribution in [0.15, 0.2) is 72.1 Å². The molecule has 0 spiro atoms. The number of hydrogen-bond donors (Lipinski definition) is 0. The van der Waals surface area contributed by atoms with E-state index in [9.17, 15) is 4.79 Å². The van der Waals surface area contributed by atoms with Gasteiger partial charge < -0.3 is 14.4 Å². The minimum absolute atomic E-state index is 0.474. The monoisotopic (exact) mass is 415 g/mol. The Morgan fingerprint density at radius 1 is 0.968 bits per heavy atom. The van der Waals surface area contributed by atoms with Crippen LogP contribution in [0.1, 0.15) is 49.9 Å². The van der Waals surface area contributed by atoms with Gasteiger partial charge in [-0.05, 0) is 69.4 Å². The molecule has 31 heavy (non-hydrogen) atoms. The lowest BCUT2D eigenvalue weighted by atomic mass is 9.81. The summed E-state index contributed by atoms with van der Waals surface area (Å²) in [6.45, 7) is 16.6. The zero-order valence-electron chi connectivity index (χ0n) is 19.7. The Balaban J connectivity index is 2.40. The SMILES string of the molecule is C=C1C(C)=C(c2ccccc2C)C(c2ccc(C)cc2)=C(C(C=O)OC(C)(C)C)N1C. The molecule has 0 aliphatic carbocycles. The van der Waals surface area contributed by atoms with Crippen molar-refractivity contribution in [3.8, 4) is 0 Å². The Morgan fingerprint density at radius 3 is 2.13 bits per heavy atom. The average Bonchev–Trinajstić information content (AvgIpc) is 2.71. The Morgan fingerprint density at radius 2 is 1.58 bits per heavy atom. The minimum atomic E-state index is -0.717. The van der Waals surface area contributed by atoms with Gasteiger partial charge in [-0.2, -0.15) is 0 Å². The Kier molecular flexibility index (Phi) is 6.38. The molecular formula is C28H33NO2. The summed E-state index contributed by atoms with van der Waals surface area (Å²) in [4.78, 5) is 14.3. The first-order valence-electron chi connectivity index (χ1n) is 10.7. The predicted octanol–water partition coefficient (Wildman–Crippen LogP) is 6.33. The van der Waals surface area contributed by atoms with Gasteiger partial charge in [0.2, 0.25) is 0 Å². The van der Waals surface area contributed by atoms with Gasteiger partial charge >= 0.3 is 0 Å². The number of carbonyl (C=O) groups excluding carboxylic acids is 1. The third kappa shape index (κ3) is 4.57. The van der Waals surface area contributed by atoms with Crippen LogP contribution >= 0.6 is 0 Å². The molecule has 1 heterocycles. The van der Waals surface area contributed by atoms with Crippen molar-refractivity contribution < 1.29 is 9.53 Å². The maximum atomic E-state index is 12.3. The first kappa shape index (κ1) is 22.8. The number of rotatable bonds is 5. The highest BCUT2D eigenvalue weighted by Crippen LogP contribution is 2.46. The van der Waals surface area contributed by atoms with Crippen LogP contribution in [0.5, 0.6) is 0 Å². The van der Waals surface area contributed by atoms with Gasteiger partial charge in [-0.15, -0.1) is 0 Å². The van der Waals surface area contributed by atoms with Crippen molar-refractivity contribution in [3.05, 3.63) is 94.3 Å². The molecule has 1 unspecified atom stereocenters. The number of aryl methyl sites for hydroxylation is 2. The van der Waals surface area contributed by atoms with E-state index in [1.165, 1.54) is 11.1 Å². The van der Waals surface area contributed by atoms with Crippen molar-refractivity contribution in [3.63, 3.8) is 0 Å². The highest BCUT2D eigenvalue weighted by atomic mass is 16.5. The lowest BCUT2D eigenvalue weighted by Gasteiger charge is -2.39. The van der Waals surface area contributed by atoms with Crippen molar-refractivity contribution in [2.75, 3.05) is 7.05 Å². The third-order valence-corrected chi connectivity index (χ3v) is 5.71. The van der Waals surface area contributed by atoms with E-state index in [4.69, 9.17) is 4.74 Å². The van der Waals surface area contributed by atoms with Crippen LogP contribution in [0, 0.1) is 13.8 Å². The van der Waals surface area contributed by atoms with E-state index >= 15 is 0 Å². The first-order chi connectivity index (χ1) is 14.5. The normalized spacial score (nSPS) is 16.1. The van der Waals surface area contributed by atoms with Gasteiger partial charge in [0.1, 0.15) is 0 Å². The molecular weight excluding hydrogens is 382 g/mol.